The van der Waals surface area contributed by atoms with Crippen molar-refractivity contribution in [2.45, 2.75) is 78.5 Å². The molecule has 234 valence electrons. The number of hydrogen-bond donors (Lipinski definition) is 1. The standard InChI is InChI=1S/C31H39ClN8O4/c1-18-6-8-20(9-7-18)17-40-26-23(35-28(40)39-11-10-38(16-19(39)2)30(42)43-31(3,4)5)13-24(27-36-29(41)44-37-27)34-25(26)21-12-22(32)15-33-14-21/h12-15,18-20H,6-11,16-17H2,1-5H3,(H,36,37,41)/t18-,19-,20-/m1/s1. The quantitative estimate of drug-likeness (QED) is 0.294. The molecule has 5 heterocycles. The number of halogens is 1. The summed E-state index contributed by atoms with van der Waals surface area (Å²) in [6.45, 7) is 12.5. The molecule has 0 unspecified atom stereocenters. The molecule has 1 saturated carbocycles. The topological polar surface area (TPSA) is 135 Å². The Labute approximate surface area is 260 Å². The Kier molecular flexibility index (Phi) is 8.12. The van der Waals surface area contributed by atoms with Gasteiger partial charge < -0.3 is 19.1 Å². The molecule has 44 heavy (non-hydrogen) atoms. The van der Waals surface area contributed by atoms with Crippen LogP contribution in [0.3, 0.4) is 0 Å². The summed E-state index contributed by atoms with van der Waals surface area (Å²) in [6, 6.07) is 3.64. The Morgan fingerprint density at radius 1 is 1.11 bits per heavy atom. The van der Waals surface area contributed by atoms with Gasteiger partial charge in [0.1, 0.15) is 11.3 Å². The molecule has 2 aliphatic rings. The minimum absolute atomic E-state index is 0.0196. The van der Waals surface area contributed by atoms with Gasteiger partial charge in [-0.3, -0.25) is 14.5 Å². The smallest absolute Gasteiger partial charge is 0.439 e. The van der Waals surface area contributed by atoms with E-state index in [4.69, 9.17) is 30.8 Å². The molecule has 4 aromatic heterocycles. The highest BCUT2D eigenvalue weighted by Gasteiger charge is 2.34. The van der Waals surface area contributed by atoms with Crippen LogP contribution in [0.4, 0.5) is 10.7 Å². The van der Waals surface area contributed by atoms with E-state index in [1.54, 1.807) is 17.3 Å². The van der Waals surface area contributed by atoms with Gasteiger partial charge >= 0.3 is 11.8 Å². The van der Waals surface area contributed by atoms with E-state index in [9.17, 15) is 9.59 Å². The van der Waals surface area contributed by atoms with Crippen molar-refractivity contribution in [3.05, 3.63) is 40.1 Å². The van der Waals surface area contributed by atoms with Crippen molar-refractivity contribution in [1.29, 1.82) is 0 Å². The average molecular weight is 623 g/mol. The van der Waals surface area contributed by atoms with E-state index in [1.165, 1.54) is 12.8 Å². The molecule has 0 aromatic carbocycles. The summed E-state index contributed by atoms with van der Waals surface area (Å²) in [5, 5.41) is 4.37. The third-order valence-corrected chi connectivity index (χ3v) is 8.68. The zero-order valence-electron chi connectivity index (χ0n) is 25.8. The van der Waals surface area contributed by atoms with Gasteiger partial charge in [-0.15, -0.1) is 0 Å². The van der Waals surface area contributed by atoms with Crippen LogP contribution in [0.1, 0.15) is 60.3 Å². The van der Waals surface area contributed by atoms with Crippen LogP contribution in [0.2, 0.25) is 5.02 Å². The third-order valence-electron chi connectivity index (χ3n) is 8.48. The van der Waals surface area contributed by atoms with Crippen molar-refractivity contribution in [2.75, 3.05) is 24.5 Å². The monoisotopic (exact) mass is 622 g/mol. The highest BCUT2D eigenvalue weighted by atomic mass is 35.5. The van der Waals surface area contributed by atoms with Crippen LogP contribution in [0, 0.1) is 11.8 Å². The number of carbonyl (C=O) groups excluding carboxylic acids is 1. The number of aromatic nitrogens is 6. The Morgan fingerprint density at radius 2 is 1.89 bits per heavy atom. The van der Waals surface area contributed by atoms with Gasteiger partial charge in [-0.05, 0) is 64.5 Å². The number of carbonyl (C=O) groups is 1. The maximum atomic E-state index is 12.9. The van der Waals surface area contributed by atoms with Crippen molar-refractivity contribution in [3.63, 3.8) is 0 Å². The van der Waals surface area contributed by atoms with E-state index in [-0.39, 0.29) is 18.0 Å². The number of pyridine rings is 2. The van der Waals surface area contributed by atoms with E-state index < -0.39 is 11.4 Å². The maximum absolute atomic E-state index is 12.9. The predicted molar refractivity (Wildman–Crippen MR) is 168 cm³/mol. The second kappa shape index (κ2) is 11.9. The molecule has 1 aliphatic carbocycles. The molecule has 1 N–H and O–H groups in total. The molecule has 1 saturated heterocycles. The van der Waals surface area contributed by atoms with Crippen LogP contribution in [0.15, 0.2) is 33.8 Å². The number of rotatable bonds is 5. The minimum atomic E-state index is -0.665. The number of anilines is 1. The van der Waals surface area contributed by atoms with E-state index in [1.807, 2.05) is 32.9 Å². The van der Waals surface area contributed by atoms with Gasteiger partial charge in [0.2, 0.25) is 11.8 Å². The molecule has 1 atom stereocenters. The fourth-order valence-corrected chi connectivity index (χ4v) is 6.43. The molecule has 2 fully saturated rings. The zero-order valence-corrected chi connectivity index (χ0v) is 26.6. The number of ether oxygens (including phenoxy) is 1. The van der Waals surface area contributed by atoms with Crippen molar-refractivity contribution >= 4 is 34.7 Å². The first-order valence-electron chi connectivity index (χ1n) is 15.3. The third kappa shape index (κ3) is 6.31. The molecule has 1 aliphatic heterocycles. The first-order valence-corrected chi connectivity index (χ1v) is 15.7. The first kappa shape index (κ1) is 30.1. The largest absolute Gasteiger partial charge is 0.444 e. The normalized spacial score (nSPS) is 21.2. The molecule has 1 amide bonds. The van der Waals surface area contributed by atoms with Crippen LogP contribution in [-0.4, -0.2) is 71.9 Å². The molecule has 12 nitrogen and oxygen atoms in total. The molecular weight excluding hydrogens is 584 g/mol. The Morgan fingerprint density at radius 3 is 2.55 bits per heavy atom. The van der Waals surface area contributed by atoms with Crippen LogP contribution < -0.4 is 10.7 Å². The van der Waals surface area contributed by atoms with E-state index in [0.29, 0.717) is 47.5 Å². The molecule has 6 rings (SSSR count). The van der Waals surface area contributed by atoms with Gasteiger partial charge in [0.15, 0.2) is 0 Å². The molecule has 13 heteroatoms. The fourth-order valence-electron chi connectivity index (χ4n) is 6.26. The molecule has 0 bridgehead atoms. The molecule has 0 spiro atoms. The summed E-state index contributed by atoms with van der Waals surface area (Å²) in [6.07, 6.45) is 7.68. The summed E-state index contributed by atoms with van der Waals surface area (Å²) in [5.74, 6) is 1.58. The second-order valence-electron chi connectivity index (χ2n) is 13.2. The minimum Gasteiger partial charge on any atom is -0.444 e. The van der Waals surface area contributed by atoms with Crippen molar-refractivity contribution in [3.8, 4) is 22.8 Å². The van der Waals surface area contributed by atoms with Crippen molar-refractivity contribution in [1.82, 2.24) is 34.6 Å². The van der Waals surface area contributed by atoms with Gasteiger partial charge in [-0.2, -0.15) is 0 Å². The van der Waals surface area contributed by atoms with Crippen LogP contribution in [0.5, 0.6) is 0 Å². The van der Waals surface area contributed by atoms with Crippen molar-refractivity contribution < 1.29 is 14.1 Å². The van der Waals surface area contributed by atoms with Crippen LogP contribution >= 0.6 is 11.6 Å². The lowest BCUT2D eigenvalue weighted by molar-refractivity contribution is 0.0217. The lowest BCUT2D eigenvalue weighted by atomic mass is 9.83. The number of piperazine rings is 1. The number of nitrogens with zero attached hydrogens (tertiary/aromatic N) is 7. The maximum Gasteiger partial charge on any atom is 0.439 e. The number of aromatic amines is 1. The zero-order chi connectivity index (χ0) is 31.2. The molecule has 0 radical (unpaired) electrons. The average Bonchev–Trinajstić information content (AvgIpc) is 3.56. The summed E-state index contributed by atoms with van der Waals surface area (Å²) >= 11 is 6.40. The number of imidazole rings is 1. The highest BCUT2D eigenvalue weighted by Crippen LogP contribution is 2.38. The number of fused-ring (bicyclic) bond motifs is 1. The number of hydrogen-bond acceptors (Lipinski definition) is 9. The number of amides is 1. The lowest BCUT2D eigenvalue weighted by Crippen LogP contribution is -2.55. The van der Waals surface area contributed by atoms with Gasteiger partial charge in [-0.1, -0.05) is 36.5 Å². The van der Waals surface area contributed by atoms with Crippen molar-refractivity contribution in [2.24, 2.45) is 11.8 Å². The number of H-pyrrole nitrogens is 1. The van der Waals surface area contributed by atoms with Crippen LogP contribution in [-0.2, 0) is 11.3 Å². The SMILES string of the molecule is C[C@@H]1CN(C(=O)OC(C)(C)C)CCN1c1nc2cc(-c3noc(=O)[nH]3)nc(-c3cncc(Cl)c3)c2n1C[C@H]1CC[C@H](C)CC1. The van der Waals surface area contributed by atoms with Gasteiger partial charge in [0.05, 0.1) is 21.7 Å². The van der Waals surface area contributed by atoms with E-state index in [0.717, 1.165) is 42.3 Å². The Hall–Kier alpha value is -3.93. The summed E-state index contributed by atoms with van der Waals surface area (Å²) in [7, 11) is 0. The van der Waals surface area contributed by atoms with E-state index in [2.05, 4.69) is 38.4 Å². The van der Waals surface area contributed by atoms with Gasteiger partial charge in [0.25, 0.3) is 0 Å². The predicted octanol–water partition coefficient (Wildman–Crippen LogP) is 5.76. The summed E-state index contributed by atoms with van der Waals surface area (Å²) < 4.78 is 12.7. The van der Waals surface area contributed by atoms with Gasteiger partial charge in [0, 0.05) is 50.2 Å². The lowest BCUT2D eigenvalue weighted by Gasteiger charge is -2.41. The second-order valence-corrected chi connectivity index (χ2v) is 13.6. The molecule has 4 aromatic rings. The fraction of sp³-hybridized carbons (Fsp3) is 0.548. The molecular formula is C31H39ClN8O4. The summed E-state index contributed by atoms with van der Waals surface area (Å²) in [5.41, 5.74) is 2.78. The highest BCUT2D eigenvalue weighted by molar-refractivity contribution is 6.30. The first-order chi connectivity index (χ1) is 20.9. The summed E-state index contributed by atoms with van der Waals surface area (Å²) in [4.78, 5) is 45.9. The Balaban J connectivity index is 1.47. The van der Waals surface area contributed by atoms with Crippen LogP contribution in [0.25, 0.3) is 33.8 Å². The Bertz CT molecular complexity index is 1720. The van der Waals surface area contributed by atoms with E-state index >= 15 is 0 Å². The van der Waals surface area contributed by atoms with Gasteiger partial charge in [-0.25, -0.2) is 19.6 Å². The number of nitrogens with one attached hydrogen (secondary N) is 1.